The van der Waals surface area contributed by atoms with E-state index in [9.17, 15) is 9.50 Å². The van der Waals surface area contributed by atoms with E-state index < -0.39 is 0 Å². The Bertz CT molecular complexity index is 433. The van der Waals surface area contributed by atoms with Crippen molar-refractivity contribution in [2.45, 2.75) is 6.92 Å². The number of aromatic hydroxyl groups is 1. The van der Waals surface area contributed by atoms with Crippen LogP contribution >= 0.6 is 11.3 Å². The van der Waals surface area contributed by atoms with Gasteiger partial charge in [0.15, 0.2) is 0 Å². The zero-order chi connectivity index (χ0) is 8.72. The molecule has 2 aromatic rings. The Kier molecular flexibility index (Phi) is 1.54. The number of fused-ring (bicyclic) bond motifs is 1. The molecule has 0 fully saturated rings. The lowest BCUT2D eigenvalue weighted by Crippen LogP contribution is -1.74. The zero-order valence-electron chi connectivity index (χ0n) is 6.47. The molecule has 1 aromatic carbocycles. The number of thiophene rings is 1. The van der Waals surface area contributed by atoms with E-state index in [1.165, 1.54) is 16.7 Å². The van der Waals surface area contributed by atoms with Crippen molar-refractivity contribution >= 4 is 21.4 Å². The van der Waals surface area contributed by atoms with Crippen LogP contribution in [-0.2, 0) is 0 Å². The molecular weight excluding hydrogens is 175 g/mol. The molecule has 0 radical (unpaired) electrons. The SMILES string of the molecule is Cc1cc(O)c2scc(F)c2c1. The van der Waals surface area contributed by atoms with Crippen LogP contribution in [0.3, 0.4) is 0 Å². The second-order valence-corrected chi connectivity index (χ2v) is 3.62. The molecule has 3 heteroatoms. The number of phenols is 1. The van der Waals surface area contributed by atoms with Crippen molar-refractivity contribution < 1.29 is 9.50 Å². The summed E-state index contributed by atoms with van der Waals surface area (Å²) in [5, 5.41) is 11.3. The van der Waals surface area contributed by atoms with Crippen molar-refractivity contribution in [3.8, 4) is 5.75 Å². The predicted octanol–water partition coefficient (Wildman–Crippen LogP) is 3.05. The van der Waals surface area contributed by atoms with E-state index in [4.69, 9.17) is 0 Å². The van der Waals surface area contributed by atoms with Crippen LogP contribution in [0.5, 0.6) is 5.75 Å². The fraction of sp³-hybridized carbons (Fsp3) is 0.111. The lowest BCUT2D eigenvalue weighted by atomic mass is 10.2. The zero-order valence-corrected chi connectivity index (χ0v) is 7.28. The smallest absolute Gasteiger partial charge is 0.141 e. The summed E-state index contributed by atoms with van der Waals surface area (Å²) in [5.41, 5.74) is 0.873. The van der Waals surface area contributed by atoms with E-state index >= 15 is 0 Å². The summed E-state index contributed by atoms with van der Waals surface area (Å²) in [7, 11) is 0. The molecule has 2 rings (SSSR count). The van der Waals surface area contributed by atoms with E-state index in [1.54, 1.807) is 12.1 Å². The van der Waals surface area contributed by atoms with Crippen LogP contribution in [-0.4, -0.2) is 5.11 Å². The lowest BCUT2D eigenvalue weighted by Gasteiger charge is -1.96. The number of phenolic OH excluding ortho intramolecular Hbond substituents is 1. The molecule has 0 aliphatic heterocycles. The van der Waals surface area contributed by atoms with Crippen molar-refractivity contribution in [2.24, 2.45) is 0 Å². The van der Waals surface area contributed by atoms with Crippen LogP contribution in [0.25, 0.3) is 10.1 Å². The Hall–Kier alpha value is -1.09. The Labute approximate surface area is 73.1 Å². The molecule has 0 bridgehead atoms. The maximum absolute atomic E-state index is 13.0. The Balaban J connectivity index is 2.92. The second-order valence-electron chi connectivity index (χ2n) is 2.74. The summed E-state index contributed by atoms with van der Waals surface area (Å²) in [4.78, 5) is 0. The third-order valence-corrected chi connectivity index (χ3v) is 2.74. The van der Waals surface area contributed by atoms with Gasteiger partial charge < -0.3 is 5.11 Å². The van der Waals surface area contributed by atoms with Crippen LogP contribution in [0.15, 0.2) is 17.5 Å². The molecule has 0 amide bonds. The fourth-order valence-electron chi connectivity index (χ4n) is 1.23. The van der Waals surface area contributed by atoms with Crippen molar-refractivity contribution in [1.82, 2.24) is 0 Å². The van der Waals surface area contributed by atoms with Crippen molar-refractivity contribution in [3.63, 3.8) is 0 Å². The molecule has 1 heterocycles. The van der Waals surface area contributed by atoms with Gasteiger partial charge >= 0.3 is 0 Å². The molecule has 62 valence electrons. The summed E-state index contributed by atoms with van der Waals surface area (Å²) in [6.45, 7) is 1.83. The van der Waals surface area contributed by atoms with Crippen molar-refractivity contribution in [2.75, 3.05) is 0 Å². The van der Waals surface area contributed by atoms with E-state index in [1.807, 2.05) is 6.92 Å². The second kappa shape index (κ2) is 2.45. The molecule has 1 aromatic heterocycles. The van der Waals surface area contributed by atoms with E-state index in [-0.39, 0.29) is 11.6 Å². The summed E-state index contributed by atoms with van der Waals surface area (Å²) in [5.74, 6) is -0.0899. The first kappa shape index (κ1) is 7.55. The van der Waals surface area contributed by atoms with E-state index in [0.29, 0.717) is 10.1 Å². The van der Waals surface area contributed by atoms with Crippen molar-refractivity contribution in [1.29, 1.82) is 0 Å². The first-order valence-corrected chi connectivity index (χ1v) is 4.43. The topological polar surface area (TPSA) is 20.2 Å². The predicted molar refractivity (Wildman–Crippen MR) is 48.2 cm³/mol. The first-order valence-electron chi connectivity index (χ1n) is 3.55. The van der Waals surface area contributed by atoms with Gasteiger partial charge in [0.1, 0.15) is 11.6 Å². The highest BCUT2D eigenvalue weighted by molar-refractivity contribution is 7.17. The Morgan fingerprint density at radius 1 is 1.42 bits per heavy atom. The summed E-state index contributed by atoms with van der Waals surface area (Å²) >= 11 is 1.22. The van der Waals surface area contributed by atoms with Gasteiger partial charge in [0, 0.05) is 10.8 Å². The van der Waals surface area contributed by atoms with Gasteiger partial charge in [-0.25, -0.2) is 4.39 Å². The third kappa shape index (κ3) is 0.975. The number of benzene rings is 1. The number of halogens is 1. The van der Waals surface area contributed by atoms with Gasteiger partial charge in [-0.15, -0.1) is 11.3 Å². The molecule has 0 unspecified atom stereocenters. The summed E-state index contributed by atoms with van der Waals surface area (Å²) in [6.07, 6.45) is 0. The minimum Gasteiger partial charge on any atom is -0.506 e. The van der Waals surface area contributed by atoms with Crippen LogP contribution in [0.4, 0.5) is 4.39 Å². The Morgan fingerprint density at radius 3 is 2.92 bits per heavy atom. The van der Waals surface area contributed by atoms with Gasteiger partial charge in [-0.05, 0) is 24.6 Å². The largest absolute Gasteiger partial charge is 0.506 e. The highest BCUT2D eigenvalue weighted by atomic mass is 32.1. The summed E-state index contributed by atoms with van der Waals surface area (Å²) < 4.78 is 13.6. The lowest BCUT2D eigenvalue weighted by molar-refractivity contribution is 0.482. The molecule has 0 saturated heterocycles. The molecule has 1 N–H and O–H groups in total. The molecule has 0 aliphatic rings. The van der Waals surface area contributed by atoms with Gasteiger partial charge in [-0.2, -0.15) is 0 Å². The molecular formula is C9H7FOS. The molecule has 12 heavy (non-hydrogen) atoms. The van der Waals surface area contributed by atoms with Gasteiger partial charge in [0.25, 0.3) is 0 Å². The number of rotatable bonds is 0. The molecule has 0 atom stereocenters. The minimum atomic E-state index is -0.256. The highest BCUT2D eigenvalue weighted by Gasteiger charge is 2.07. The quantitative estimate of drug-likeness (QED) is 0.663. The van der Waals surface area contributed by atoms with Gasteiger partial charge in [-0.3, -0.25) is 0 Å². The number of hydrogen-bond donors (Lipinski definition) is 1. The maximum Gasteiger partial charge on any atom is 0.141 e. The van der Waals surface area contributed by atoms with Crippen molar-refractivity contribution in [3.05, 3.63) is 28.9 Å². The highest BCUT2D eigenvalue weighted by Crippen LogP contribution is 2.33. The fourth-order valence-corrected chi connectivity index (χ4v) is 2.04. The van der Waals surface area contributed by atoms with Gasteiger partial charge in [-0.1, -0.05) is 0 Å². The average molecular weight is 182 g/mol. The van der Waals surface area contributed by atoms with Crippen LogP contribution < -0.4 is 0 Å². The average Bonchev–Trinajstić information content (AvgIpc) is 2.33. The van der Waals surface area contributed by atoms with Crippen LogP contribution in [0.1, 0.15) is 5.56 Å². The molecule has 1 nitrogen and oxygen atoms in total. The molecule has 0 spiro atoms. The third-order valence-electron chi connectivity index (χ3n) is 1.75. The normalized spacial score (nSPS) is 10.8. The van der Waals surface area contributed by atoms with Gasteiger partial charge in [0.05, 0.1) is 4.70 Å². The summed E-state index contributed by atoms with van der Waals surface area (Å²) in [6, 6.07) is 3.37. The van der Waals surface area contributed by atoms with Gasteiger partial charge in [0.2, 0.25) is 0 Å². The number of aryl methyl sites for hydroxylation is 1. The minimum absolute atomic E-state index is 0.166. The van der Waals surface area contributed by atoms with Crippen LogP contribution in [0, 0.1) is 12.7 Å². The molecule has 0 saturated carbocycles. The molecule has 0 aliphatic carbocycles. The first-order chi connectivity index (χ1) is 5.68. The van der Waals surface area contributed by atoms with E-state index in [2.05, 4.69) is 0 Å². The van der Waals surface area contributed by atoms with Crippen LogP contribution in [0.2, 0.25) is 0 Å². The number of hydrogen-bond acceptors (Lipinski definition) is 2. The van der Waals surface area contributed by atoms with E-state index in [0.717, 1.165) is 5.56 Å². The monoisotopic (exact) mass is 182 g/mol. The standard InChI is InChI=1S/C9H7FOS/c1-5-2-6-7(10)4-12-9(6)8(11)3-5/h2-4,11H,1H3. The maximum atomic E-state index is 13.0. The Morgan fingerprint density at radius 2 is 2.17 bits per heavy atom.